The van der Waals surface area contributed by atoms with E-state index < -0.39 is 0 Å². The van der Waals surface area contributed by atoms with Crippen molar-refractivity contribution in [2.75, 3.05) is 6.54 Å². The summed E-state index contributed by atoms with van der Waals surface area (Å²) in [6.07, 6.45) is 3.87. The van der Waals surface area contributed by atoms with Crippen molar-refractivity contribution in [2.24, 2.45) is 11.7 Å². The van der Waals surface area contributed by atoms with Crippen LogP contribution in [0.4, 0.5) is 0 Å². The molecule has 18 heavy (non-hydrogen) atoms. The molecule has 0 saturated carbocycles. The number of amides is 1. The van der Waals surface area contributed by atoms with Crippen LogP contribution in [0, 0.1) is 5.92 Å². The third-order valence-electron chi connectivity index (χ3n) is 2.90. The van der Waals surface area contributed by atoms with E-state index in [1.807, 2.05) is 22.9 Å². The average Bonchev–Trinajstić information content (AvgIpc) is 2.76. The van der Waals surface area contributed by atoms with Crippen molar-refractivity contribution in [3.05, 3.63) is 24.0 Å². The second-order valence-corrected chi connectivity index (χ2v) is 5.12. The molecule has 0 radical (unpaired) electrons. The number of aromatic nitrogens is 1. The number of nitrogens with one attached hydrogen (secondary N) is 1. The highest BCUT2D eigenvalue weighted by molar-refractivity contribution is 5.92. The Morgan fingerprint density at radius 1 is 1.50 bits per heavy atom. The molecule has 0 aromatic carbocycles. The van der Waals surface area contributed by atoms with Crippen LogP contribution in [0.2, 0.25) is 0 Å². The molecule has 1 rings (SSSR count). The van der Waals surface area contributed by atoms with Gasteiger partial charge in [-0.05, 0) is 30.9 Å². The molecule has 0 aliphatic rings. The summed E-state index contributed by atoms with van der Waals surface area (Å²) in [6, 6.07) is 3.82. The largest absolute Gasteiger partial charge is 0.347 e. The lowest BCUT2D eigenvalue weighted by Crippen LogP contribution is -2.41. The zero-order valence-electron chi connectivity index (χ0n) is 11.6. The van der Waals surface area contributed by atoms with Gasteiger partial charge in [0.1, 0.15) is 5.69 Å². The second-order valence-electron chi connectivity index (χ2n) is 5.12. The minimum Gasteiger partial charge on any atom is -0.347 e. The first kappa shape index (κ1) is 14.8. The van der Waals surface area contributed by atoms with Crippen molar-refractivity contribution < 1.29 is 4.79 Å². The predicted molar refractivity (Wildman–Crippen MR) is 74.5 cm³/mol. The zero-order chi connectivity index (χ0) is 13.5. The van der Waals surface area contributed by atoms with Crippen LogP contribution in [-0.4, -0.2) is 23.1 Å². The van der Waals surface area contributed by atoms with Crippen molar-refractivity contribution in [2.45, 2.75) is 46.2 Å². The number of hydrogen-bond acceptors (Lipinski definition) is 2. The molecule has 3 N–H and O–H groups in total. The van der Waals surface area contributed by atoms with Gasteiger partial charge in [-0.2, -0.15) is 0 Å². The number of carbonyl (C=O) groups is 1. The van der Waals surface area contributed by atoms with Gasteiger partial charge >= 0.3 is 0 Å². The summed E-state index contributed by atoms with van der Waals surface area (Å²) < 4.78 is 1.98. The number of nitrogens with two attached hydrogens (primary N) is 1. The van der Waals surface area contributed by atoms with Crippen LogP contribution >= 0.6 is 0 Å². The van der Waals surface area contributed by atoms with Crippen molar-refractivity contribution in [1.29, 1.82) is 0 Å². The van der Waals surface area contributed by atoms with E-state index in [4.69, 9.17) is 5.73 Å². The van der Waals surface area contributed by atoms with Crippen molar-refractivity contribution >= 4 is 5.91 Å². The van der Waals surface area contributed by atoms with Crippen LogP contribution in [-0.2, 0) is 6.54 Å². The minimum atomic E-state index is -0.0236. The maximum Gasteiger partial charge on any atom is 0.268 e. The van der Waals surface area contributed by atoms with E-state index in [1.165, 1.54) is 0 Å². The van der Waals surface area contributed by atoms with Gasteiger partial charge in [0.05, 0.1) is 0 Å². The number of nitrogens with zero attached hydrogens (tertiary/aromatic N) is 1. The van der Waals surface area contributed by atoms with E-state index in [0.29, 0.717) is 12.5 Å². The summed E-state index contributed by atoms with van der Waals surface area (Å²) in [6.45, 7) is 7.72. The molecule has 102 valence electrons. The van der Waals surface area contributed by atoms with E-state index in [0.717, 1.165) is 25.1 Å². The molecule has 1 heterocycles. The zero-order valence-corrected chi connectivity index (χ0v) is 11.6. The first-order chi connectivity index (χ1) is 8.58. The highest BCUT2D eigenvalue weighted by Crippen LogP contribution is 2.07. The molecule has 1 aromatic heterocycles. The molecule has 0 aliphatic carbocycles. The molecule has 1 amide bonds. The minimum absolute atomic E-state index is 0.0236. The van der Waals surface area contributed by atoms with E-state index in [-0.39, 0.29) is 11.9 Å². The standard InChI is InChI=1S/C14H25N3O/c1-4-7-17-8-5-6-13(17)14(18)16-12(10-15)9-11(2)3/h5-6,8,11-12H,4,7,9-10,15H2,1-3H3,(H,16,18). The average molecular weight is 251 g/mol. The number of carbonyl (C=O) groups excluding carboxylic acids is 1. The van der Waals surface area contributed by atoms with Crippen LogP contribution < -0.4 is 11.1 Å². The molecule has 1 aromatic rings. The van der Waals surface area contributed by atoms with Gasteiger partial charge in [-0.1, -0.05) is 20.8 Å². The molecular weight excluding hydrogens is 226 g/mol. The molecule has 0 saturated heterocycles. The molecule has 0 bridgehead atoms. The molecule has 0 spiro atoms. The van der Waals surface area contributed by atoms with Gasteiger partial charge in [-0.25, -0.2) is 0 Å². The topological polar surface area (TPSA) is 60.0 Å². The summed E-state index contributed by atoms with van der Waals surface area (Å²) >= 11 is 0. The molecule has 4 heteroatoms. The normalized spacial score (nSPS) is 12.7. The molecule has 0 fully saturated rings. The Hall–Kier alpha value is -1.29. The fraction of sp³-hybridized carbons (Fsp3) is 0.643. The third-order valence-corrected chi connectivity index (χ3v) is 2.90. The number of hydrogen-bond donors (Lipinski definition) is 2. The summed E-state index contributed by atoms with van der Waals surface area (Å²) in [5, 5.41) is 3.01. The maximum absolute atomic E-state index is 12.2. The van der Waals surface area contributed by atoms with Crippen LogP contribution in [0.1, 0.15) is 44.1 Å². The number of rotatable bonds is 7. The molecule has 0 aliphatic heterocycles. The van der Waals surface area contributed by atoms with Crippen LogP contribution in [0.5, 0.6) is 0 Å². The van der Waals surface area contributed by atoms with E-state index in [9.17, 15) is 4.79 Å². The highest BCUT2D eigenvalue weighted by Gasteiger charge is 2.15. The van der Waals surface area contributed by atoms with Gasteiger partial charge in [0.25, 0.3) is 5.91 Å². The van der Waals surface area contributed by atoms with Crippen molar-refractivity contribution in [1.82, 2.24) is 9.88 Å². The smallest absolute Gasteiger partial charge is 0.268 e. The summed E-state index contributed by atoms with van der Waals surface area (Å²) in [4.78, 5) is 12.2. The Morgan fingerprint density at radius 3 is 2.78 bits per heavy atom. The third kappa shape index (κ3) is 4.18. The van der Waals surface area contributed by atoms with Gasteiger partial charge in [0.15, 0.2) is 0 Å². The first-order valence-corrected chi connectivity index (χ1v) is 6.74. The Labute approximate surface area is 110 Å². The first-order valence-electron chi connectivity index (χ1n) is 6.74. The van der Waals surface area contributed by atoms with Gasteiger partial charge in [0, 0.05) is 25.3 Å². The van der Waals surface area contributed by atoms with E-state index in [1.54, 1.807) is 0 Å². The Kier molecular flexibility index (Phi) is 5.92. The SMILES string of the molecule is CCCn1cccc1C(=O)NC(CN)CC(C)C. The van der Waals surface area contributed by atoms with Crippen molar-refractivity contribution in [3.63, 3.8) is 0 Å². The van der Waals surface area contributed by atoms with Crippen molar-refractivity contribution in [3.8, 4) is 0 Å². The van der Waals surface area contributed by atoms with Crippen LogP contribution in [0.3, 0.4) is 0 Å². The molecule has 1 unspecified atom stereocenters. The lowest BCUT2D eigenvalue weighted by molar-refractivity contribution is 0.0924. The molecular formula is C14H25N3O. The fourth-order valence-corrected chi connectivity index (χ4v) is 2.10. The van der Waals surface area contributed by atoms with E-state index >= 15 is 0 Å². The van der Waals surface area contributed by atoms with Crippen LogP contribution in [0.15, 0.2) is 18.3 Å². The fourth-order valence-electron chi connectivity index (χ4n) is 2.10. The van der Waals surface area contributed by atoms with Crippen LogP contribution in [0.25, 0.3) is 0 Å². The Bertz CT molecular complexity index is 371. The molecule has 1 atom stereocenters. The predicted octanol–water partition coefficient (Wildman–Crippen LogP) is 2.00. The number of aryl methyl sites for hydroxylation is 1. The van der Waals surface area contributed by atoms with Gasteiger partial charge < -0.3 is 15.6 Å². The van der Waals surface area contributed by atoms with E-state index in [2.05, 4.69) is 26.1 Å². The van der Waals surface area contributed by atoms with Gasteiger partial charge in [0.2, 0.25) is 0 Å². The Balaban J connectivity index is 2.65. The molecule has 4 nitrogen and oxygen atoms in total. The second kappa shape index (κ2) is 7.21. The monoisotopic (exact) mass is 251 g/mol. The Morgan fingerprint density at radius 2 is 2.22 bits per heavy atom. The van der Waals surface area contributed by atoms with Gasteiger partial charge in [-0.3, -0.25) is 4.79 Å². The quantitative estimate of drug-likeness (QED) is 0.778. The lowest BCUT2D eigenvalue weighted by atomic mass is 10.0. The summed E-state index contributed by atoms with van der Waals surface area (Å²) in [7, 11) is 0. The highest BCUT2D eigenvalue weighted by atomic mass is 16.2. The lowest BCUT2D eigenvalue weighted by Gasteiger charge is -2.19. The maximum atomic E-state index is 12.2. The summed E-state index contributed by atoms with van der Waals surface area (Å²) in [5.41, 5.74) is 6.42. The van der Waals surface area contributed by atoms with Gasteiger partial charge in [-0.15, -0.1) is 0 Å². The summed E-state index contributed by atoms with van der Waals surface area (Å²) in [5.74, 6) is 0.505.